The summed E-state index contributed by atoms with van der Waals surface area (Å²) in [5.74, 6) is 2.05. The van der Waals surface area contributed by atoms with E-state index >= 15 is 0 Å². The molecular weight excluding hydrogens is 380 g/mol. The highest BCUT2D eigenvalue weighted by atomic mass is 16.5. The summed E-state index contributed by atoms with van der Waals surface area (Å²) in [4.78, 5) is 4.86. The Bertz CT molecular complexity index is 1220. The number of rotatable bonds is 6. The highest BCUT2D eigenvalue weighted by Crippen LogP contribution is 2.40. The molecule has 30 heavy (non-hydrogen) atoms. The minimum absolute atomic E-state index is 0.00880. The number of aryl methyl sites for hydroxylation is 1. The minimum Gasteiger partial charge on any atom is -0.496 e. The maximum atomic E-state index is 9.32. The lowest BCUT2D eigenvalue weighted by molar-refractivity contribution is 0.282. The molecule has 0 aliphatic rings. The molecule has 0 aliphatic carbocycles. The van der Waals surface area contributed by atoms with E-state index in [0.717, 1.165) is 50.1 Å². The lowest BCUT2D eigenvalue weighted by Crippen LogP contribution is -1.99. The van der Waals surface area contributed by atoms with Gasteiger partial charge in [-0.05, 0) is 48.4 Å². The molecule has 1 aromatic heterocycles. The lowest BCUT2D eigenvalue weighted by Gasteiger charge is -2.17. The van der Waals surface area contributed by atoms with Gasteiger partial charge in [-0.1, -0.05) is 12.1 Å². The van der Waals surface area contributed by atoms with Crippen LogP contribution in [0.5, 0.6) is 17.2 Å². The average Bonchev–Trinajstić information content (AvgIpc) is 2.78. The lowest BCUT2D eigenvalue weighted by atomic mass is 10.0. The first-order chi connectivity index (χ1) is 14.6. The topological polar surface area (TPSA) is 72.8 Å². The summed E-state index contributed by atoms with van der Waals surface area (Å²) in [6, 6.07) is 15.5. The third-order valence-electron chi connectivity index (χ3n) is 5.20. The van der Waals surface area contributed by atoms with Gasteiger partial charge in [-0.25, -0.2) is 4.98 Å². The summed E-state index contributed by atoms with van der Waals surface area (Å²) in [6.07, 6.45) is 0. The number of methoxy groups -OCH3 is 3. The quantitative estimate of drug-likeness (QED) is 0.443. The van der Waals surface area contributed by atoms with E-state index in [1.165, 1.54) is 0 Å². The fourth-order valence-corrected chi connectivity index (χ4v) is 3.59. The normalized spacial score (nSPS) is 11.0. The van der Waals surface area contributed by atoms with E-state index < -0.39 is 0 Å². The molecule has 0 radical (unpaired) electrons. The zero-order valence-electron chi connectivity index (χ0n) is 17.4. The van der Waals surface area contributed by atoms with Crippen molar-refractivity contribution >= 4 is 33.2 Å². The Morgan fingerprint density at radius 3 is 1.97 bits per heavy atom. The molecule has 2 N–H and O–H groups in total. The van der Waals surface area contributed by atoms with Crippen LogP contribution in [0.25, 0.3) is 21.8 Å². The molecule has 3 aromatic carbocycles. The highest BCUT2D eigenvalue weighted by molar-refractivity contribution is 6.10. The van der Waals surface area contributed by atoms with Gasteiger partial charge in [0.1, 0.15) is 5.75 Å². The number of anilines is 2. The van der Waals surface area contributed by atoms with E-state index in [2.05, 4.69) is 5.32 Å². The van der Waals surface area contributed by atoms with Crippen molar-refractivity contribution in [1.82, 2.24) is 4.98 Å². The van der Waals surface area contributed by atoms with Crippen molar-refractivity contribution in [2.24, 2.45) is 0 Å². The first-order valence-electron chi connectivity index (χ1n) is 9.58. The molecule has 154 valence electrons. The third-order valence-corrected chi connectivity index (χ3v) is 5.20. The van der Waals surface area contributed by atoms with Crippen LogP contribution in [0.3, 0.4) is 0 Å². The van der Waals surface area contributed by atoms with Crippen LogP contribution in [-0.4, -0.2) is 31.4 Å². The van der Waals surface area contributed by atoms with Gasteiger partial charge in [-0.2, -0.15) is 0 Å². The van der Waals surface area contributed by atoms with Gasteiger partial charge >= 0.3 is 0 Å². The molecule has 1 heterocycles. The summed E-state index contributed by atoms with van der Waals surface area (Å²) in [5, 5.41) is 14.7. The van der Waals surface area contributed by atoms with Crippen molar-refractivity contribution in [2.75, 3.05) is 26.6 Å². The number of hydrogen-bond donors (Lipinski definition) is 2. The molecule has 0 saturated carbocycles. The van der Waals surface area contributed by atoms with Gasteiger partial charge in [0.05, 0.1) is 44.7 Å². The van der Waals surface area contributed by atoms with Crippen molar-refractivity contribution in [2.45, 2.75) is 13.5 Å². The molecule has 0 atom stereocenters. The van der Waals surface area contributed by atoms with Gasteiger partial charge in [0.25, 0.3) is 0 Å². The van der Waals surface area contributed by atoms with E-state index in [4.69, 9.17) is 19.2 Å². The molecule has 6 nitrogen and oxygen atoms in total. The van der Waals surface area contributed by atoms with Gasteiger partial charge in [-0.15, -0.1) is 0 Å². The van der Waals surface area contributed by atoms with Crippen LogP contribution in [0.2, 0.25) is 0 Å². The van der Waals surface area contributed by atoms with Crippen LogP contribution in [0.15, 0.2) is 48.5 Å². The van der Waals surface area contributed by atoms with E-state index in [1.54, 1.807) is 21.3 Å². The third kappa shape index (κ3) is 3.46. The smallest absolute Gasteiger partial charge is 0.162 e. The maximum absolute atomic E-state index is 9.32. The summed E-state index contributed by atoms with van der Waals surface area (Å²) in [7, 11) is 4.89. The number of aliphatic hydroxyl groups is 1. The largest absolute Gasteiger partial charge is 0.496 e. The first-order valence-corrected chi connectivity index (χ1v) is 9.58. The predicted molar refractivity (Wildman–Crippen MR) is 119 cm³/mol. The summed E-state index contributed by atoms with van der Waals surface area (Å²) >= 11 is 0. The van der Waals surface area contributed by atoms with Gasteiger partial charge in [-0.3, -0.25) is 0 Å². The van der Waals surface area contributed by atoms with Crippen LogP contribution in [-0.2, 0) is 6.61 Å². The van der Waals surface area contributed by atoms with Crippen molar-refractivity contribution in [3.8, 4) is 17.2 Å². The van der Waals surface area contributed by atoms with E-state index in [-0.39, 0.29) is 6.61 Å². The minimum atomic E-state index is 0.00880. The SMILES string of the molecule is COc1cc2c(Nc3ccc(CO)cc3)c3cc(OC)c(OC)cc3nc2cc1C. The fraction of sp³-hybridized carbons (Fsp3) is 0.208. The van der Waals surface area contributed by atoms with Crippen molar-refractivity contribution < 1.29 is 19.3 Å². The number of fused-ring (bicyclic) bond motifs is 2. The molecule has 0 bridgehead atoms. The van der Waals surface area contributed by atoms with Crippen LogP contribution in [0, 0.1) is 6.92 Å². The first kappa shape index (κ1) is 19.8. The number of pyridine rings is 1. The molecule has 0 spiro atoms. The number of ether oxygens (including phenoxy) is 3. The molecule has 4 aromatic rings. The van der Waals surface area contributed by atoms with E-state index in [0.29, 0.717) is 11.5 Å². The number of nitrogens with one attached hydrogen (secondary N) is 1. The number of benzene rings is 3. The molecule has 0 aliphatic heterocycles. The molecule has 4 rings (SSSR count). The molecular formula is C24H24N2O4. The van der Waals surface area contributed by atoms with E-state index in [9.17, 15) is 5.11 Å². The second-order valence-corrected chi connectivity index (χ2v) is 7.03. The average molecular weight is 404 g/mol. The molecule has 0 saturated heterocycles. The van der Waals surface area contributed by atoms with Crippen LogP contribution in [0.4, 0.5) is 11.4 Å². The molecule has 6 heteroatoms. The van der Waals surface area contributed by atoms with Crippen LogP contribution in [0.1, 0.15) is 11.1 Å². The Kier molecular flexibility index (Phi) is 5.33. The highest BCUT2D eigenvalue weighted by Gasteiger charge is 2.16. The van der Waals surface area contributed by atoms with Crippen LogP contribution >= 0.6 is 0 Å². The predicted octanol–water partition coefficient (Wildman–Crippen LogP) is 4.96. The Balaban J connectivity index is 2.01. The van der Waals surface area contributed by atoms with Gasteiger partial charge in [0.15, 0.2) is 11.5 Å². The number of aromatic nitrogens is 1. The maximum Gasteiger partial charge on any atom is 0.162 e. The Morgan fingerprint density at radius 1 is 0.800 bits per heavy atom. The summed E-state index contributed by atoms with van der Waals surface area (Å²) < 4.78 is 16.5. The second-order valence-electron chi connectivity index (χ2n) is 7.03. The second kappa shape index (κ2) is 8.08. The molecule has 0 unspecified atom stereocenters. The van der Waals surface area contributed by atoms with Gasteiger partial charge < -0.3 is 24.6 Å². The monoisotopic (exact) mass is 404 g/mol. The standard InChI is InChI=1S/C24H24N2O4/c1-14-9-19-17(10-21(14)28-2)24(25-16-7-5-15(13-27)6-8-16)18-11-22(29-3)23(30-4)12-20(18)26-19/h5-12,27H,13H2,1-4H3,(H,25,26). The van der Waals surface area contributed by atoms with E-state index in [1.807, 2.05) is 55.5 Å². The fourth-order valence-electron chi connectivity index (χ4n) is 3.59. The molecule has 0 amide bonds. The zero-order valence-corrected chi connectivity index (χ0v) is 17.4. The summed E-state index contributed by atoms with van der Waals surface area (Å²) in [6.45, 7) is 2.01. The van der Waals surface area contributed by atoms with Crippen molar-refractivity contribution in [1.29, 1.82) is 0 Å². The van der Waals surface area contributed by atoms with Crippen molar-refractivity contribution in [3.63, 3.8) is 0 Å². The Hall–Kier alpha value is -3.51. The summed E-state index contributed by atoms with van der Waals surface area (Å²) in [5.41, 5.74) is 5.30. The van der Waals surface area contributed by atoms with Gasteiger partial charge in [0, 0.05) is 22.5 Å². The van der Waals surface area contributed by atoms with Crippen LogP contribution < -0.4 is 19.5 Å². The number of nitrogens with zero attached hydrogens (tertiary/aromatic N) is 1. The molecule has 0 fully saturated rings. The van der Waals surface area contributed by atoms with Crippen molar-refractivity contribution in [3.05, 3.63) is 59.7 Å². The number of aliphatic hydroxyl groups excluding tert-OH is 1. The van der Waals surface area contributed by atoms with Gasteiger partial charge in [0.2, 0.25) is 0 Å². The Morgan fingerprint density at radius 2 is 1.37 bits per heavy atom. The Labute approximate surface area is 175 Å². The zero-order chi connectivity index (χ0) is 21.3. The number of hydrogen-bond acceptors (Lipinski definition) is 6.